The molecule has 0 saturated heterocycles. The monoisotopic (exact) mass is 253 g/mol. The van der Waals surface area contributed by atoms with E-state index < -0.39 is 0 Å². The summed E-state index contributed by atoms with van der Waals surface area (Å²) in [5.74, 6) is 0.483. The standard InChI is InChI=1S/C12H16ClN3O/c1-3-8(7-17-2)16-10-6-4-5-9(13)11(10)15-12(16)14/h4-6,8H,3,7H2,1-2H3,(H2,14,15). The fraction of sp³-hybridized carbons (Fsp3) is 0.417. The smallest absolute Gasteiger partial charge is 0.201 e. The van der Waals surface area contributed by atoms with Crippen molar-refractivity contribution in [3.63, 3.8) is 0 Å². The molecule has 92 valence electrons. The number of anilines is 1. The lowest BCUT2D eigenvalue weighted by Crippen LogP contribution is -2.15. The first-order valence-corrected chi connectivity index (χ1v) is 5.97. The van der Waals surface area contributed by atoms with Crippen molar-refractivity contribution < 1.29 is 4.74 Å². The number of nitrogens with two attached hydrogens (primary N) is 1. The Morgan fingerprint density at radius 3 is 2.94 bits per heavy atom. The molecule has 0 bridgehead atoms. The number of ether oxygens (including phenoxy) is 1. The van der Waals surface area contributed by atoms with Crippen molar-refractivity contribution in [1.29, 1.82) is 0 Å². The molecule has 0 fully saturated rings. The van der Waals surface area contributed by atoms with Gasteiger partial charge in [0.05, 0.1) is 23.2 Å². The van der Waals surface area contributed by atoms with Gasteiger partial charge < -0.3 is 15.0 Å². The maximum Gasteiger partial charge on any atom is 0.201 e. The second-order valence-electron chi connectivity index (χ2n) is 3.96. The minimum absolute atomic E-state index is 0.184. The molecule has 0 saturated carbocycles. The highest BCUT2D eigenvalue weighted by Crippen LogP contribution is 2.29. The van der Waals surface area contributed by atoms with Gasteiger partial charge in [0.25, 0.3) is 0 Å². The average Bonchev–Trinajstić information content (AvgIpc) is 2.64. The molecular formula is C12H16ClN3O. The minimum atomic E-state index is 0.184. The maximum absolute atomic E-state index is 6.10. The Bertz CT molecular complexity index is 524. The van der Waals surface area contributed by atoms with Crippen molar-refractivity contribution in [3.8, 4) is 0 Å². The molecule has 0 spiro atoms. The Hall–Kier alpha value is -1.26. The fourth-order valence-electron chi connectivity index (χ4n) is 2.05. The zero-order chi connectivity index (χ0) is 12.4. The van der Waals surface area contributed by atoms with Crippen LogP contribution in [0.2, 0.25) is 5.02 Å². The van der Waals surface area contributed by atoms with Crippen LogP contribution in [-0.2, 0) is 4.74 Å². The lowest BCUT2D eigenvalue weighted by molar-refractivity contribution is 0.155. The highest BCUT2D eigenvalue weighted by atomic mass is 35.5. The molecule has 0 aliphatic carbocycles. The van der Waals surface area contributed by atoms with E-state index in [9.17, 15) is 0 Å². The predicted molar refractivity (Wildman–Crippen MR) is 70.4 cm³/mol. The summed E-state index contributed by atoms with van der Waals surface area (Å²) in [6, 6.07) is 5.88. The van der Waals surface area contributed by atoms with Crippen molar-refractivity contribution in [3.05, 3.63) is 23.2 Å². The highest BCUT2D eigenvalue weighted by molar-refractivity contribution is 6.35. The van der Waals surface area contributed by atoms with Gasteiger partial charge in [0, 0.05) is 7.11 Å². The summed E-state index contributed by atoms with van der Waals surface area (Å²) in [4.78, 5) is 4.32. The lowest BCUT2D eigenvalue weighted by Gasteiger charge is -2.18. The molecule has 17 heavy (non-hydrogen) atoms. The summed E-state index contributed by atoms with van der Waals surface area (Å²) in [6.07, 6.45) is 0.927. The molecular weight excluding hydrogens is 238 g/mol. The van der Waals surface area contributed by atoms with E-state index in [1.807, 2.05) is 22.8 Å². The number of hydrogen-bond acceptors (Lipinski definition) is 3. The Balaban J connectivity index is 2.59. The van der Waals surface area contributed by atoms with Gasteiger partial charge in [-0.3, -0.25) is 0 Å². The maximum atomic E-state index is 6.10. The summed E-state index contributed by atoms with van der Waals surface area (Å²) in [6.45, 7) is 2.71. The van der Waals surface area contributed by atoms with E-state index in [2.05, 4.69) is 11.9 Å². The first kappa shape index (κ1) is 12.2. The molecule has 1 atom stereocenters. The van der Waals surface area contributed by atoms with Crippen LogP contribution >= 0.6 is 11.6 Å². The fourth-order valence-corrected chi connectivity index (χ4v) is 2.26. The molecule has 0 aliphatic heterocycles. The van der Waals surface area contributed by atoms with Gasteiger partial charge in [0.2, 0.25) is 5.95 Å². The van der Waals surface area contributed by atoms with Crippen LogP contribution < -0.4 is 5.73 Å². The van der Waals surface area contributed by atoms with Gasteiger partial charge in [-0.1, -0.05) is 24.6 Å². The third-order valence-corrected chi connectivity index (χ3v) is 3.20. The number of para-hydroxylation sites is 1. The van der Waals surface area contributed by atoms with E-state index in [0.717, 1.165) is 17.5 Å². The van der Waals surface area contributed by atoms with Crippen molar-refractivity contribution >= 4 is 28.6 Å². The van der Waals surface area contributed by atoms with E-state index in [-0.39, 0.29) is 6.04 Å². The molecule has 2 rings (SSSR count). The van der Waals surface area contributed by atoms with Crippen LogP contribution in [0.5, 0.6) is 0 Å². The van der Waals surface area contributed by atoms with Crippen molar-refractivity contribution in [2.45, 2.75) is 19.4 Å². The van der Waals surface area contributed by atoms with Crippen molar-refractivity contribution in [1.82, 2.24) is 9.55 Å². The quantitative estimate of drug-likeness (QED) is 0.912. The molecule has 2 N–H and O–H groups in total. The minimum Gasteiger partial charge on any atom is -0.383 e. The molecule has 2 aromatic rings. The second-order valence-corrected chi connectivity index (χ2v) is 4.37. The number of fused-ring (bicyclic) bond motifs is 1. The number of imidazole rings is 1. The molecule has 1 aromatic heterocycles. The lowest BCUT2D eigenvalue weighted by atomic mass is 10.2. The molecule has 1 unspecified atom stereocenters. The SMILES string of the molecule is CCC(COC)n1c(N)nc2c(Cl)cccc21. The molecule has 1 heterocycles. The summed E-state index contributed by atoms with van der Waals surface area (Å²) >= 11 is 6.10. The van der Waals surface area contributed by atoms with Crippen LogP contribution in [0.25, 0.3) is 11.0 Å². The van der Waals surface area contributed by atoms with Gasteiger partial charge in [0.1, 0.15) is 5.52 Å². The zero-order valence-electron chi connectivity index (χ0n) is 9.98. The largest absolute Gasteiger partial charge is 0.383 e. The molecule has 0 radical (unpaired) electrons. The van der Waals surface area contributed by atoms with Crippen LogP contribution in [-0.4, -0.2) is 23.3 Å². The topological polar surface area (TPSA) is 53.1 Å². The van der Waals surface area contributed by atoms with Crippen LogP contribution in [0.1, 0.15) is 19.4 Å². The normalized spacial score (nSPS) is 13.1. The predicted octanol–water partition coefficient (Wildman–Crippen LogP) is 2.87. The Morgan fingerprint density at radius 1 is 1.53 bits per heavy atom. The van der Waals surface area contributed by atoms with E-state index >= 15 is 0 Å². The van der Waals surface area contributed by atoms with E-state index in [1.54, 1.807) is 7.11 Å². The number of aromatic nitrogens is 2. The van der Waals surface area contributed by atoms with Gasteiger partial charge in [-0.25, -0.2) is 4.98 Å². The second kappa shape index (κ2) is 4.94. The molecule has 4 nitrogen and oxygen atoms in total. The first-order chi connectivity index (χ1) is 8.19. The number of nitrogens with zero attached hydrogens (tertiary/aromatic N) is 2. The van der Waals surface area contributed by atoms with Crippen molar-refractivity contribution in [2.24, 2.45) is 0 Å². The van der Waals surface area contributed by atoms with Crippen molar-refractivity contribution in [2.75, 3.05) is 19.5 Å². The van der Waals surface area contributed by atoms with Crippen LogP contribution in [0.15, 0.2) is 18.2 Å². The number of nitrogen functional groups attached to an aromatic ring is 1. The van der Waals surface area contributed by atoms with Gasteiger partial charge in [-0.05, 0) is 18.6 Å². The summed E-state index contributed by atoms with van der Waals surface area (Å²) in [5.41, 5.74) is 7.68. The zero-order valence-corrected chi connectivity index (χ0v) is 10.7. The van der Waals surface area contributed by atoms with Crippen LogP contribution in [0.4, 0.5) is 5.95 Å². The number of methoxy groups -OCH3 is 1. The summed E-state index contributed by atoms with van der Waals surface area (Å²) in [5, 5.41) is 0.625. The Labute approximate surface area is 105 Å². The van der Waals surface area contributed by atoms with Crippen LogP contribution in [0.3, 0.4) is 0 Å². The molecule has 0 amide bonds. The van der Waals surface area contributed by atoms with E-state index in [0.29, 0.717) is 17.6 Å². The third-order valence-electron chi connectivity index (χ3n) is 2.89. The third kappa shape index (κ3) is 2.10. The highest BCUT2D eigenvalue weighted by Gasteiger charge is 2.17. The number of rotatable bonds is 4. The van der Waals surface area contributed by atoms with E-state index in [1.165, 1.54) is 0 Å². The van der Waals surface area contributed by atoms with Crippen LogP contribution in [0, 0.1) is 0 Å². The molecule has 1 aromatic carbocycles. The average molecular weight is 254 g/mol. The molecule has 5 heteroatoms. The summed E-state index contributed by atoms with van der Waals surface area (Å²) < 4.78 is 7.21. The first-order valence-electron chi connectivity index (χ1n) is 5.59. The number of halogens is 1. The van der Waals surface area contributed by atoms with Gasteiger partial charge in [-0.2, -0.15) is 0 Å². The van der Waals surface area contributed by atoms with Gasteiger partial charge in [-0.15, -0.1) is 0 Å². The van der Waals surface area contributed by atoms with E-state index in [4.69, 9.17) is 22.1 Å². The number of benzene rings is 1. The Kier molecular flexibility index (Phi) is 3.54. The molecule has 0 aliphatic rings. The number of hydrogen-bond donors (Lipinski definition) is 1. The summed E-state index contributed by atoms with van der Waals surface area (Å²) in [7, 11) is 1.69. The van der Waals surface area contributed by atoms with Gasteiger partial charge >= 0.3 is 0 Å². The Morgan fingerprint density at radius 2 is 2.29 bits per heavy atom. The van der Waals surface area contributed by atoms with Gasteiger partial charge in [0.15, 0.2) is 0 Å².